The van der Waals surface area contributed by atoms with Crippen molar-refractivity contribution in [2.45, 2.75) is 57.5 Å². The summed E-state index contributed by atoms with van der Waals surface area (Å²) >= 11 is 0. The number of carbonyl (C=O) groups excluding carboxylic acids is 1. The summed E-state index contributed by atoms with van der Waals surface area (Å²) in [5.41, 5.74) is 1.00. The number of hydrogen-bond donors (Lipinski definition) is 1. The maximum absolute atomic E-state index is 12.2. The van der Waals surface area contributed by atoms with Crippen molar-refractivity contribution in [1.29, 1.82) is 0 Å². The standard InChI is InChI=1S/C24H31NO3/c26-24(27-14-11-18-9-12-25-13-10-18)16-19-5-6-21-17-23(8-7-20(21)15-19)28-22-3-1-2-4-22/h5-8,15,17-18,22,25H,1-4,9-14,16H2. The number of rotatable bonds is 7. The highest BCUT2D eigenvalue weighted by molar-refractivity contribution is 5.85. The molecule has 0 aromatic heterocycles. The average Bonchev–Trinajstić information content (AvgIpc) is 3.22. The van der Waals surface area contributed by atoms with Gasteiger partial charge < -0.3 is 14.8 Å². The van der Waals surface area contributed by atoms with Gasteiger partial charge in [0.25, 0.3) is 0 Å². The summed E-state index contributed by atoms with van der Waals surface area (Å²) in [5, 5.41) is 5.66. The van der Waals surface area contributed by atoms with Crippen molar-refractivity contribution in [3.05, 3.63) is 42.0 Å². The fourth-order valence-corrected chi connectivity index (χ4v) is 4.38. The summed E-state index contributed by atoms with van der Waals surface area (Å²) in [4.78, 5) is 12.2. The summed E-state index contributed by atoms with van der Waals surface area (Å²) < 4.78 is 11.6. The van der Waals surface area contributed by atoms with Gasteiger partial charge >= 0.3 is 5.97 Å². The van der Waals surface area contributed by atoms with E-state index in [1.165, 1.54) is 25.7 Å². The van der Waals surface area contributed by atoms with E-state index in [2.05, 4.69) is 29.6 Å². The van der Waals surface area contributed by atoms with Crippen molar-refractivity contribution in [2.24, 2.45) is 5.92 Å². The second-order valence-electron chi connectivity index (χ2n) is 8.25. The quantitative estimate of drug-likeness (QED) is 0.710. The van der Waals surface area contributed by atoms with Gasteiger partial charge in [0, 0.05) is 0 Å². The molecule has 1 saturated heterocycles. The van der Waals surface area contributed by atoms with Crippen LogP contribution in [0.2, 0.25) is 0 Å². The normalized spacial score (nSPS) is 18.4. The Morgan fingerprint density at radius 2 is 1.71 bits per heavy atom. The van der Waals surface area contributed by atoms with Gasteiger partial charge in [-0.15, -0.1) is 0 Å². The first-order valence-electron chi connectivity index (χ1n) is 10.8. The molecule has 28 heavy (non-hydrogen) atoms. The molecule has 2 aromatic rings. The largest absolute Gasteiger partial charge is 0.490 e. The number of ether oxygens (including phenoxy) is 2. The van der Waals surface area contributed by atoms with Crippen LogP contribution in [0.4, 0.5) is 0 Å². The molecular formula is C24H31NO3. The zero-order chi connectivity index (χ0) is 19.2. The molecule has 0 amide bonds. The SMILES string of the molecule is O=C(Cc1ccc2cc(OC3CCCC3)ccc2c1)OCCC1CCNCC1. The lowest BCUT2D eigenvalue weighted by Gasteiger charge is -2.22. The fraction of sp³-hybridized carbons (Fsp3) is 0.542. The molecule has 4 nitrogen and oxygen atoms in total. The highest BCUT2D eigenvalue weighted by atomic mass is 16.5. The predicted molar refractivity (Wildman–Crippen MR) is 112 cm³/mol. The molecule has 1 aliphatic carbocycles. The zero-order valence-electron chi connectivity index (χ0n) is 16.6. The van der Waals surface area contributed by atoms with E-state index >= 15 is 0 Å². The maximum atomic E-state index is 12.2. The Labute approximate surface area is 167 Å². The molecule has 0 atom stereocenters. The van der Waals surface area contributed by atoms with Crippen molar-refractivity contribution in [2.75, 3.05) is 19.7 Å². The van der Waals surface area contributed by atoms with E-state index in [1.807, 2.05) is 12.1 Å². The first kappa shape index (κ1) is 19.3. The van der Waals surface area contributed by atoms with E-state index in [1.54, 1.807) is 0 Å². The minimum Gasteiger partial charge on any atom is -0.490 e. The van der Waals surface area contributed by atoms with Gasteiger partial charge in [-0.2, -0.15) is 0 Å². The van der Waals surface area contributed by atoms with Crippen LogP contribution in [0, 0.1) is 5.92 Å². The number of fused-ring (bicyclic) bond motifs is 1. The molecule has 0 spiro atoms. The highest BCUT2D eigenvalue weighted by Gasteiger charge is 2.17. The Kier molecular flexibility index (Phi) is 6.48. The van der Waals surface area contributed by atoms with Gasteiger partial charge in [-0.05, 0) is 92.4 Å². The third-order valence-corrected chi connectivity index (χ3v) is 6.08. The van der Waals surface area contributed by atoms with Crippen LogP contribution in [-0.4, -0.2) is 31.8 Å². The monoisotopic (exact) mass is 381 g/mol. The van der Waals surface area contributed by atoms with E-state index in [4.69, 9.17) is 9.47 Å². The number of carbonyl (C=O) groups is 1. The first-order valence-corrected chi connectivity index (χ1v) is 10.8. The summed E-state index contributed by atoms with van der Waals surface area (Å²) in [6.07, 6.45) is 8.94. The van der Waals surface area contributed by atoms with Crippen LogP contribution in [0.15, 0.2) is 36.4 Å². The van der Waals surface area contributed by atoms with E-state index in [-0.39, 0.29) is 5.97 Å². The Morgan fingerprint density at radius 1 is 0.964 bits per heavy atom. The van der Waals surface area contributed by atoms with Crippen molar-refractivity contribution < 1.29 is 14.3 Å². The van der Waals surface area contributed by atoms with Crippen LogP contribution in [0.25, 0.3) is 10.8 Å². The number of esters is 1. The molecule has 1 aliphatic heterocycles. The van der Waals surface area contributed by atoms with Crippen LogP contribution < -0.4 is 10.1 Å². The lowest BCUT2D eigenvalue weighted by molar-refractivity contribution is -0.143. The zero-order valence-corrected chi connectivity index (χ0v) is 16.6. The molecule has 1 saturated carbocycles. The maximum Gasteiger partial charge on any atom is 0.310 e. The number of benzene rings is 2. The van der Waals surface area contributed by atoms with Crippen molar-refractivity contribution >= 4 is 16.7 Å². The lowest BCUT2D eigenvalue weighted by Crippen LogP contribution is -2.28. The Hall–Kier alpha value is -2.07. The van der Waals surface area contributed by atoms with Gasteiger partial charge in [0.2, 0.25) is 0 Å². The molecule has 4 rings (SSSR count). The van der Waals surface area contributed by atoms with Crippen LogP contribution in [-0.2, 0) is 16.0 Å². The molecule has 4 heteroatoms. The van der Waals surface area contributed by atoms with E-state index < -0.39 is 0 Å². The van der Waals surface area contributed by atoms with Crippen molar-refractivity contribution in [1.82, 2.24) is 5.32 Å². The van der Waals surface area contributed by atoms with Gasteiger partial charge in [-0.1, -0.05) is 24.3 Å². The average molecular weight is 382 g/mol. The minimum absolute atomic E-state index is 0.130. The van der Waals surface area contributed by atoms with E-state index in [0.717, 1.165) is 54.4 Å². The molecule has 1 heterocycles. The fourth-order valence-electron chi connectivity index (χ4n) is 4.38. The van der Waals surface area contributed by atoms with Crippen LogP contribution in [0.5, 0.6) is 5.75 Å². The molecule has 2 aliphatic rings. The molecule has 2 aromatic carbocycles. The Bertz CT molecular complexity index is 792. The van der Waals surface area contributed by atoms with Gasteiger partial charge in [0.05, 0.1) is 19.1 Å². The lowest BCUT2D eigenvalue weighted by atomic mass is 9.95. The Balaban J connectivity index is 1.29. The molecule has 2 fully saturated rings. The van der Waals surface area contributed by atoms with Gasteiger partial charge in [-0.3, -0.25) is 4.79 Å². The first-order chi connectivity index (χ1) is 13.8. The molecular weight excluding hydrogens is 350 g/mol. The van der Waals surface area contributed by atoms with Gasteiger partial charge in [0.1, 0.15) is 5.75 Å². The number of nitrogens with one attached hydrogen (secondary N) is 1. The summed E-state index contributed by atoms with van der Waals surface area (Å²) in [5.74, 6) is 1.51. The van der Waals surface area contributed by atoms with Gasteiger partial charge in [0.15, 0.2) is 0 Å². The molecule has 150 valence electrons. The number of piperidine rings is 1. The highest BCUT2D eigenvalue weighted by Crippen LogP contribution is 2.27. The number of hydrogen-bond acceptors (Lipinski definition) is 4. The van der Waals surface area contributed by atoms with Crippen molar-refractivity contribution in [3.63, 3.8) is 0 Å². The molecule has 1 N–H and O–H groups in total. The van der Waals surface area contributed by atoms with Crippen LogP contribution in [0.3, 0.4) is 0 Å². The van der Waals surface area contributed by atoms with Gasteiger partial charge in [-0.25, -0.2) is 0 Å². The predicted octanol–water partition coefficient (Wildman–Crippen LogP) is 4.64. The Morgan fingerprint density at radius 3 is 2.54 bits per heavy atom. The second-order valence-corrected chi connectivity index (χ2v) is 8.25. The molecule has 0 radical (unpaired) electrons. The summed E-state index contributed by atoms with van der Waals surface area (Å²) in [7, 11) is 0. The molecule has 0 bridgehead atoms. The minimum atomic E-state index is -0.130. The topological polar surface area (TPSA) is 47.6 Å². The summed E-state index contributed by atoms with van der Waals surface area (Å²) in [6, 6.07) is 12.4. The van der Waals surface area contributed by atoms with E-state index in [9.17, 15) is 4.79 Å². The van der Waals surface area contributed by atoms with Crippen LogP contribution >= 0.6 is 0 Å². The van der Waals surface area contributed by atoms with E-state index in [0.29, 0.717) is 25.0 Å². The van der Waals surface area contributed by atoms with Crippen LogP contribution in [0.1, 0.15) is 50.5 Å². The summed E-state index contributed by atoms with van der Waals surface area (Å²) in [6.45, 7) is 2.71. The third kappa shape index (κ3) is 5.26. The van der Waals surface area contributed by atoms with Crippen molar-refractivity contribution in [3.8, 4) is 5.75 Å². The third-order valence-electron chi connectivity index (χ3n) is 6.08. The second kappa shape index (κ2) is 9.42. The molecule has 0 unspecified atom stereocenters. The smallest absolute Gasteiger partial charge is 0.310 e.